The minimum Gasteiger partial charge on any atom is -0.308 e. The van der Waals surface area contributed by atoms with E-state index in [1.165, 1.54) is 38.7 Å². The minimum atomic E-state index is 1.01. The zero-order chi connectivity index (χ0) is 28.5. The van der Waals surface area contributed by atoms with E-state index in [0.717, 1.165) is 48.8 Å². The molecule has 0 aliphatic heterocycles. The fourth-order valence-corrected chi connectivity index (χ4v) is 6.85. The number of aryl methyl sites for hydroxylation is 3. The molecule has 42 heavy (non-hydrogen) atoms. The van der Waals surface area contributed by atoms with E-state index >= 15 is 0 Å². The first-order valence-corrected chi connectivity index (χ1v) is 14.9. The zero-order valence-corrected chi connectivity index (χ0v) is 25.1. The smallest absolute Gasteiger partial charge is 0.0963 e. The van der Waals surface area contributed by atoms with Crippen molar-refractivity contribution in [3.05, 3.63) is 131 Å². The Bertz CT molecular complexity index is 2190. The maximum atomic E-state index is 4.74. The molecule has 4 aromatic heterocycles. The summed E-state index contributed by atoms with van der Waals surface area (Å²) < 4.78 is 5.70. The molecule has 0 fully saturated rings. The third kappa shape index (κ3) is 3.74. The van der Waals surface area contributed by atoms with Gasteiger partial charge < -0.3 is 9.13 Å². The quantitative estimate of drug-likeness (QED) is 0.200. The number of halogens is 1. The van der Waals surface area contributed by atoms with Gasteiger partial charge in [0.1, 0.15) is 0 Å². The van der Waals surface area contributed by atoms with E-state index in [9.17, 15) is 0 Å². The molecular formula is C37H27BrN4. The first-order chi connectivity index (χ1) is 20.5. The number of hydrogen-bond donors (Lipinski definition) is 0. The van der Waals surface area contributed by atoms with Gasteiger partial charge in [-0.15, -0.1) is 0 Å². The number of aromatic nitrogens is 4. The van der Waals surface area contributed by atoms with Gasteiger partial charge in [-0.25, -0.2) is 0 Å². The summed E-state index contributed by atoms with van der Waals surface area (Å²) in [6, 6.07) is 34.9. The summed E-state index contributed by atoms with van der Waals surface area (Å²) in [5.41, 5.74) is 15.1. The lowest BCUT2D eigenvalue weighted by Gasteiger charge is -2.15. The molecule has 0 saturated heterocycles. The van der Waals surface area contributed by atoms with Crippen LogP contribution in [-0.2, 0) is 0 Å². The van der Waals surface area contributed by atoms with Crippen LogP contribution in [0.2, 0.25) is 0 Å². The first kappa shape index (κ1) is 25.0. The molecule has 4 aromatic carbocycles. The van der Waals surface area contributed by atoms with Crippen LogP contribution in [-0.4, -0.2) is 19.1 Å². The molecule has 0 N–H and O–H groups in total. The standard InChI is InChI=1S/C37H27BrN4/c1-22-8-14-32-30(18-22)36-34(6-4-16-39-36)41(32)26-10-12-28(23(2)19-26)29-13-11-27(20-24(29)3)42-33-15-9-25(38)21-31(33)37-35(42)7-5-17-40-37/h4-21H,1-3H3. The first-order valence-electron chi connectivity index (χ1n) is 14.1. The molecule has 0 amide bonds. The fourth-order valence-electron chi connectivity index (χ4n) is 6.49. The van der Waals surface area contributed by atoms with Gasteiger partial charge in [-0.1, -0.05) is 39.7 Å². The molecule has 0 saturated carbocycles. The number of nitrogens with zero attached hydrogens (tertiary/aromatic N) is 4. The van der Waals surface area contributed by atoms with Crippen LogP contribution < -0.4 is 0 Å². The number of fused-ring (bicyclic) bond motifs is 6. The Morgan fingerprint density at radius 1 is 0.524 bits per heavy atom. The second-order valence-corrected chi connectivity index (χ2v) is 12.0. The van der Waals surface area contributed by atoms with Gasteiger partial charge in [-0.2, -0.15) is 0 Å². The average Bonchev–Trinajstić information content (AvgIpc) is 3.49. The molecule has 0 aliphatic rings. The van der Waals surface area contributed by atoms with Crippen molar-refractivity contribution < 1.29 is 0 Å². The molecule has 0 spiro atoms. The van der Waals surface area contributed by atoms with Gasteiger partial charge in [0, 0.05) is 39.0 Å². The Labute approximate surface area is 252 Å². The highest BCUT2D eigenvalue weighted by molar-refractivity contribution is 9.10. The third-order valence-electron chi connectivity index (χ3n) is 8.38. The molecule has 202 valence electrons. The van der Waals surface area contributed by atoms with Crippen molar-refractivity contribution in [2.24, 2.45) is 0 Å². The van der Waals surface area contributed by atoms with Crippen molar-refractivity contribution >= 4 is 59.8 Å². The second kappa shape index (κ2) is 9.40. The lowest BCUT2D eigenvalue weighted by Crippen LogP contribution is -1.98. The van der Waals surface area contributed by atoms with Crippen molar-refractivity contribution in [1.82, 2.24) is 19.1 Å². The van der Waals surface area contributed by atoms with Crippen LogP contribution in [0.1, 0.15) is 16.7 Å². The topological polar surface area (TPSA) is 35.6 Å². The summed E-state index contributed by atoms with van der Waals surface area (Å²) in [6.07, 6.45) is 3.74. The predicted molar refractivity (Wildman–Crippen MR) is 178 cm³/mol. The van der Waals surface area contributed by atoms with Gasteiger partial charge in [0.15, 0.2) is 0 Å². The SMILES string of the molecule is Cc1ccc2c(c1)c1ncccc1n2-c1ccc(-c2ccc(-n3c4ccc(Br)cc4c4ncccc43)cc2C)c(C)c1. The van der Waals surface area contributed by atoms with Gasteiger partial charge in [0.05, 0.1) is 33.1 Å². The molecule has 0 atom stereocenters. The largest absolute Gasteiger partial charge is 0.308 e. The highest BCUT2D eigenvalue weighted by atomic mass is 79.9. The number of benzene rings is 4. The van der Waals surface area contributed by atoms with Crippen LogP contribution in [0, 0.1) is 20.8 Å². The molecule has 8 rings (SSSR count). The maximum Gasteiger partial charge on any atom is 0.0963 e. The predicted octanol–water partition coefficient (Wildman–Crippen LogP) is 10.0. The zero-order valence-electron chi connectivity index (χ0n) is 23.6. The summed E-state index contributed by atoms with van der Waals surface area (Å²) in [4.78, 5) is 9.46. The maximum absolute atomic E-state index is 4.74. The number of hydrogen-bond acceptors (Lipinski definition) is 2. The molecule has 0 bridgehead atoms. The van der Waals surface area contributed by atoms with Crippen LogP contribution in [0.3, 0.4) is 0 Å². The van der Waals surface area contributed by atoms with Crippen molar-refractivity contribution in [3.63, 3.8) is 0 Å². The summed E-state index contributed by atoms with van der Waals surface area (Å²) in [7, 11) is 0. The molecule has 4 heterocycles. The average molecular weight is 608 g/mol. The van der Waals surface area contributed by atoms with Gasteiger partial charge >= 0.3 is 0 Å². The Kier molecular flexibility index (Phi) is 5.60. The monoisotopic (exact) mass is 606 g/mol. The highest BCUT2D eigenvalue weighted by Crippen LogP contribution is 2.36. The Morgan fingerprint density at radius 3 is 1.60 bits per heavy atom. The lowest BCUT2D eigenvalue weighted by molar-refractivity contribution is 1.16. The normalized spacial score (nSPS) is 11.8. The Morgan fingerprint density at radius 2 is 1.05 bits per heavy atom. The summed E-state index contributed by atoms with van der Waals surface area (Å²) >= 11 is 3.64. The summed E-state index contributed by atoms with van der Waals surface area (Å²) in [5, 5.41) is 2.33. The second-order valence-electron chi connectivity index (χ2n) is 11.1. The molecule has 8 aromatic rings. The Hall–Kier alpha value is -4.74. The summed E-state index contributed by atoms with van der Waals surface area (Å²) in [5.74, 6) is 0. The van der Waals surface area contributed by atoms with Crippen molar-refractivity contribution in [2.75, 3.05) is 0 Å². The van der Waals surface area contributed by atoms with Gasteiger partial charge in [0.25, 0.3) is 0 Å². The van der Waals surface area contributed by atoms with Crippen LogP contribution in [0.5, 0.6) is 0 Å². The van der Waals surface area contributed by atoms with Gasteiger partial charge in [-0.05, 0) is 122 Å². The van der Waals surface area contributed by atoms with E-state index in [-0.39, 0.29) is 0 Å². The molecule has 4 nitrogen and oxygen atoms in total. The van der Waals surface area contributed by atoms with Gasteiger partial charge in [-0.3, -0.25) is 9.97 Å². The molecule has 0 radical (unpaired) electrons. The molecular weight excluding hydrogens is 580 g/mol. The van der Waals surface area contributed by atoms with E-state index in [4.69, 9.17) is 9.97 Å². The molecule has 0 aliphatic carbocycles. The Balaban J connectivity index is 1.25. The number of pyridine rings is 2. The van der Waals surface area contributed by atoms with Crippen LogP contribution in [0.25, 0.3) is 66.4 Å². The van der Waals surface area contributed by atoms with Crippen LogP contribution in [0.15, 0.2) is 114 Å². The van der Waals surface area contributed by atoms with E-state index in [0.29, 0.717) is 0 Å². The van der Waals surface area contributed by atoms with Crippen molar-refractivity contribution in [3.8, 4) is 22.5 Å². The molecule has 5 heteroatoms. The lowest BCUT2D eigenvalue weighted by atomic mass is 9.95. The van der Waals surface area contributed by atoms with E-state index in [1.54, 1.807) is 0 Å². The van der Waals surface area contributed by atoms with E-state index < -0.39 is 0 Å². The van der Waals surface area contributed by atoms with Gasteiger partial charge in [0.2, 0.25) is 0 Å². The highest BCUT2D eigenvalue weighted by Gasteiger charge is 2.17. The fraction of sp³-hybridized carbons (Fsp3) is 0.0811. The van der Waals surface area contributed by atoms with Crippen LogP contribution in [0.4, 0.5) is 0 Å². The summed E-state index contributed by atoms with van der Waals surface area (Å²) in [6.45, 7) is 6.55. The minimum absolute atomic E-state index is 1.01. The third-order valence-corrected chi connectivity index (χ3v) is 8.88. The number of rotatable bonds is 3. The molecule has 0 unspecified atom stereocenters. The van der Waals surface area contributed by atoms with E-state index in [2.05, 4.69) is 131 Å². The van der Waals surface area contributed by atoms with Crippen LogP contribution >= 0.6 is 15.9 Å². The van der Waals surface area contributed by atoms with Crippen molar-refractivity contribution in [1.29, 1.82) is 0 Å². The van der Waals surface area contributed by atoms with E-state index in [1.807, 2.05) is 24.5 Å². The van der Waals surface area contributed by atoms with Crippen molar-refractivity contribution in [2.45, 2.75) is 20.8 Å².